The average Bonchev–Trinajstić information content (AvgIpc) is 2.46. The van der Waals surface area contributed by atoms with E-state index < -0.39 is 11.6 Å². The summed E-state index contributed by atoms with van der Waals surface area (Å²) in [4.78, 5) is 0. The molecule has 0 spiro atoms. The van der Waals surface area contributed by atoms with E-state index >= 15 is 0 Å². The summed E-state index contributed by atoms with van der Waals surface area (Å²) in [5.74, 6) is -0.932. The normalized spacial score (nSPS) is 12.6. The molecule has 0 bridgehead atoms. The summed E-state index contributed by atoms with van der Waals surface area (Å²) in [5.41, 5.74) is 0.610. The van der Waals surface area contributed by atoms with Crippen LogP contribution in [-0.2, 0) is 6.42 Å². The van der Waals surface area contributed by atoms with Gasteiger partial charge in [0.2, 0.25) is 0 Å². The maximum absolute atomic E-state index is 13.8. The van der Waals surface area contributed by atoms with Crippen LogP contribution < -0.4 is 5.32 Å². The van der Waals surface area contributed by atoms with Crippen molar-refractivity contribution in [1.29, 1.82) is 0 Å². The van der Waals surface area contributed by atoms with E-state index in [4.69, 9.17) is 0 Å². The van der Waals surface area contributed by atoms with Crippen molar-refractivity contribution in [1.82, 2.24) is 5.32 Å². The first-order valence-electron chi connectivity index (χ1n) is 8.34. The standard InChI is InChI=1S/C18H29F2N/c1-3-5-6-7-8-9-17(21-12-4-2)13-15-10-11-16(19)14-18(15)20/h10-11,14,17,21H,3-9,12-13H2,1-2H3. The largest absolute Gasteiger partial charge is 0.314 e. The molecule has 0 saturated carbocycles. The van der Waals surface area contributed by atoms with Crippen LogP contribution in [0.25, 0.3) is 0 Å². The molecule has 1 N–H and O–H groups in total. The van der Waals surface area contributed by atoms with Crippen LogP contribution in [0.1, 0.15) is 64.4 Å². The Hall–Kier alpha value is -0.960. The summed E-state index contributed by atoms with van der Waals surface area (Å²) < 4.78 is 26.7. The Morgan fingerprint density at radius 2 is 1.76 bits per heavy atom. The molecule has 21 heavy (non-hydrogen) atoms. The van der Waals surface area contributed by atoms with Crippen molar-refractivity contribution in [3.05, 3.63) is 35.4 Å². The van der Waals surface area contributed by atoms with E-state index in [0.29, 0.717) is 12.0 Å². The molecule has 1 aromatic carbocycles. The molecule has 120 valence electrons. The van der Waals surface area contributed by atoms with Gasteiger partial charge in [-0.15, -0.1) is 0 Å². The van der Waals surface area contributed by atoms with Crippen LogP contribution >= 0.6 is 0 Å². The minimum absolute atomic E-state index is 0.284. The second-order valence-corrected chi connectivity index (χ2v) is 5.79. The van der Waals surface area contributed by atoms with Gasteiger partial charge in [0.15, 0.2) is 0 Å². The van der Waals surface area contributed by atoms with Crippen LogP contribution in [-0.4, -0.2) is 12.6 Å². The molecule has 0 aliphatic rings. The highest BCUT2D eigenvalue weighted by molar-refractivity contribution is 5.19. The van der Waals surface area contributed by atoms with Gasteiger partial charge in [-0.05, 0) is 37.4 Å². The first-order chi connectivity index (χ1) is 10.2. The van der Waals surface area contributed by atoms with Gasteiger partial charge in [0.25, 0.3) is 0 Å². The maximum atomic E-state index is 13.8. The van der Waals surface area contributed by atoms with E-state index in [1.165, 1.54) is 38.2 Å². The maximum Gasteiger partial charge on any atom is 0.129 e. The van der Waals surface area contributed by atoms with Crippen LogP contribution in [0.3, 0.4) is 0 Å². The van der Waals surface area contributed by atoms with Crippen molar-refractivity contribution in [2.45, 2.75) is 71.3 Å². The monoisotopic (exact) mass is 297 g/mol. The topological polar surface area (TPSA) is 12.0 Å². The lowest BCUT2D eigenvalue weighted by molar-refractivity contribution is 0.443. The zero-order valence-electron chi connectivity index (χ0n) is 13.4. The van der Waals surface area contributed by atoms with Crippen molar-refractivity contribution in [3.8, 4) is 0 Å². The Kier molecular flexibility index (Phi) is 9.24. The summed E-state index contributed by atoms with van der Waals surface area (Å²) in [6.45, 7) is 5.29. The summed E-state index contributed by atoms with van der Waals surface area (Å²) in [5, 5.41) is 3.49. The van der Waals surface area contributed by atoms with Crippen molar-refractivity contribution < 1.29 is 8.78 Å². The molecular weight excluding hydrogens is 268 g/mol. The first kappa shape index (κ1) is 18.1. The smallest absolute Gasteiger partial charge is 0.129 e. The van der Waals surface area contributed by atoms with Gasteiger partial charge in [-0.25, -0.2) is 8.78 Å². The molecule has 1 atom stereocenters. The van der Waals surface area contributed by atoms with Crippen LogP contribution in [0.5, 0.6) is 0 Å². The molecule has 0 amide bonds. The van der Waals surface area contributed by atoms with E-state index in [-0.39, 0.29) is 6.04 Å². The second-order valence-electron chi connectivity index (χ2n) is 5.79. The Balaban J connectivity index is 2.48. The van der Waals surface area contributed by atoms with Gasteiger partial charge in [0, 0.05) is 12.1 Å². The molecule has 1 aromatic rings. The SMILES string of the molecule is CCCCCCCC(Cc1ccc(F)cc1F)NCCC. The average molecular weight is 297 g/mol. The zero-order chi connectivity index (χ0) is 15.5. The van der Waals surface area contributed by atoms with Crippen LogP contribution in [0.15, 0.2) is 18.2 Å². The number of nitrogens with one attached hydrogen (secondary N) is 1. The lowest BCUT2D eigenvalue weighted by Crippen LogP contribution is -2.32. The highest BCUT2D eigenvalue weighted by Gasteiger charge is 2.12. The number of hydrogen-bond acceptors (Lipinski definition) is 1. The Labute approximate surface area is 128 Å². The van der Waals surface area contributed by atoms with Gasteiger partial charge >= 0.3 is 0 Å². The molecule has 0 heterocycles. The Morgan fingerprint density at radius 3 is 2.43 bits per heavy atom. The summed E-state index contributed by atoms with van der Waals surface area (Å²) in [6.07, 6.45) is 8.99. The van der Waals surface area contributed by atoms with Crippen molar-refractivity contribution in [2.24, 2.45) is 0 Å². The van der Waals surface area contributed by atoms with E-state index in [1.54, 1.807) is 6.07 Å². The minimum atomic E-state index is -0.506. The highest BCUT2D eigenvalue weighted by atomic mass is 19.1. The number of hydrogen-bond donors (Lipinski definition) is 1. The number of benzene rings is 1. The molecule has 1 nitrogen and oxygen atoms in total. The molecule has 0 fully saturated rings. The highest BCUT2D eigenvalue weighted by Crippen LogP contribution is 2.15. The van der Waals surface area contributed by atoms with Gasteiger partial charge in [-0.2, -0.15) is 0 Å². The molecule has 1 unspecified atom stereocenters. The molecule has 0 aromatic heterocycles. The van der Waals surface area contributed by atoms with Crippen LogP contribution in [0, 0.1) is 11.6 Å². The third-order valence-electron chi connectivity index (χ3n) is 3.82. The van der Waals surface area contributed by atoms with Gasteiger partial charge in [-0.1, -0.05) is 52.0 Å². The molecule has 0 aliphatic carbocycles. The third kappa shape index (κ3) is 7.56. The van der Waals surface area contributed by atoms with Crippen LogP contribution in [0.4, 0.5) is 8.78 Å². The van der Waals surface area contributed by atoms with E-state index in [0.717, 1.165) is 25.5 Å². The molecule has 0 saturated heterocycles. The fraction of sp³-hybridized carbons (Fsp3) is 0.667. The second kappa shape index (κ2) is 10.7. The molecular formula is C18H29F2N. The number of halogens is 2. The minimum Gasteiger partial charge on any atom is -0.314 e. The van der Waals surface area contributed by atoms with E-state index in [1.807, 2.05) is 0 Å². The Bertz CT molecular complexity index is 393. The first-order valence-corrected chi connectivity index (χ1v) is 8.34. The number of unbranched alkanes of at least 4 members (excludes halogenated alkanes) is 4. The van der Waals surface area contributed by atoms with Crippen LogP contribution in [0.2, 0.25) is 0 Å². The fourth-order valence-electron chi connectivity index (χ4n) is 2.57. The summed E-state index contributed by atoms with van der Waals surface area (Å²) in [6, 6.07) is 4.18. The molecule has 3 heteroatoms. The quantitative estimate of drug-likeness (QED) is 0.551. The predicted molar refractivity (Wildman–Crippen MR) is 85.5 cm³/mol. The lowest BCUT2D eigenvalue weighted by atomic mass is 9.99. The van der Waals surface area contributed by atoms with E-state index in [9.17, 15) is 8.78 Å². The Morgan fingerprint density at radius 1 is 1.00 bits per heavy atom. The van der Waals surface area contributed by atoms with E-state index in [2.05, 4.69) is 19.2 Å². The molecule has 1 rings (SSSR count). The van der Waals surface area contributed by atoms with Gasteiger partial charge < -0.3 is 5.32 Å². The lowest BCUT2D eigenvalue weighted by Gasteiger charge is -2.19. The van der Waals surface area contributed by atoms with Gasteiger partial charge in [-0.3, -0.25) is 0 Å². The van der Waals surface area contributed by atoms with Gasteiger partial charge in [0.1, 0.15) is 11.6 Å². The third-order valence-corrected chi connectivity index (χ3v) is 3.82. The predicted octanol–water partition coefficient (Wildman–Crippen LogP) is 5.24. The molecule has 0 radical (unpaired) electrons. The van der Waals surface area contributed by atoms with Crippen molar-refractivity contribution >= 4 is 0 Å². The fourth-order valence-corrected chi connectivity index (χ4v) is 2.57. The molecule has 0 aliphatic heterocycles. The summed E-state index contributed by atoms with van der Waals surface area (Å²) >= 11 is 0. The van der Waals surface area contributed by atoms with Crippen molar-refractivity contribution in [3.63, 3.8) is 0 Å². The number of rotatable bonds is 11. The zero-order valence-corrected chi connectivity index (χ0v) is 13.4. The van der Waals surface area contributed by atoms with Crippen molar-refractivity contribution in [2.75, 3.05) is 6.54 Å². The summed E-state index contributed by atoms with van der Waals surface area (Å²) in [7, 11) is 0. The van der Waals surface area contributed by atoms with Gasteiger partial charge in [0.05, 0.1) is 0 Å².